The summed E-state index contributed by atoms with van der Waals surface area (Å²) in [5, 5.41) is 13.1. The van der Waals surface area contributed by atoms with Gasteiger partial charge in [-0.3, -0.25) is 0 Å². The Bertz CT molecular complexity index is 601. The number of rotatable bonds is 2. The predicted molar refractivity (Wildman–Crippen MR) is 69.4 cm³/mol. The molecule has 0 unspecified atom stereocenters. The van der Waals surface area contributed by atoms with Crippen LogP contribution in [-0.4, -0.2) is 26.0 Å². The third kappa shape index (κ3) is 1.84. The highest BCUT2D eigenvalue weighted by molar-refractivity contribution is 6.28. The van der Waals surface area contributed by atoms with Gasteiger partial charge in [-0.15, -0.1) is 0 Å². The van der Waals surface area contributed by atoms with Crippen molar-refractivity contribution >= 4 is 28.8 Å². The lowest BCUT2D eigenvalue weighted by Crippen LogP contribution is -2.09. The Hall–Kier alpha value is -1.62. The van der Waals surface area contributed by atoms with Crippen LogP contribution < -0.4 is 0 Å². The fraction of sp³-hybridized carbons (Fsp3) is 0.417. The Labute approximate surface area is 109 Å². The molecule has 1 fully saturated rings. The molecule has 2 heterocycles. The third-order valence-corrected chi connectivity index (χ3v) is 3.64. The lowest BCUT2D eigenvalue weighted by molar-refractivity contribution is 0.321. The summed E-state index contributed by atoms with van der Waals surface area (Å²) < 4.78 is 2.11. The van der Waals surface area contributed by atoms with E-state index in [1.54, 1.807) is 6.20 Å². The third-order valence-electron chi connectivity index (χ3n) is 3.46. The van der Waals surface area contributed by atoms with Gasteiger partial charge in [0.1, 0.15) is 5.65 Å². The van der Waals surface area contributed by atoms with Crippen molar-refractivity contribution in [3.05, 3.63) is 23.2 Å². The van der Waals surface area contributed by atoms with Gasteiger partial charge in [0.25, 0.3) is 0 Å². The van der Waals surface area contributed by atoms with E-state index in [4.69, 9.17) is 16.8 Å². The Balaban J connectivity index is 2.22. The number of hydrogen-bond donors (Lipinski definition) is 1. The lowest BCUT2D eigenvalue weighted by atomic mass is 10.2. The molecule has 1 saturated carbocycles. The molecule has 1 N–H and O–H groups in total. The molecule has 0 amide bonds. The molecule has 0 radical (unpaired) electrons. The Kier molecular flexibility index (Phi) is 2.91. The number of nitrogens with zero attached hydrogens (tertiary/aromatic N) is 4. The van der Waals surface area contributed by atoms with E-state index < -0.39 is 0 Å². The minimum Gasteiger partial charge on any atom is -0.411 e. The van der Waals surface area contributed by atoms with Crippen molar-refractivity contribution in [1.29, 1.82) is 0 Å². The number of hydrogen-bond acceptors (Lipinski definition) is 4. The fourth-order valence-electron chi connectivity index (χ4n) is 2.71. The Morgan fingerprint density at radius 1 is 1.44 bits per heavy atom. The van der Waals surface area contributed by atoms with E-state index in [-0.39, 0.29) is 5.28 Å². The second-order valence-corrected chi connectivity index (χ2v) is 4.88. The molecule has 0 saturated heterocycles. The SMILES string of the molecule is ON=Cc1cc2cnc(Cl)nc2n1C1CCCC1. The first-order valence-electron chi connectivity index (χ1n) is 6.00. The van der Waals surface area contributed by atoms with Crippen LogP contribution in [0, 0.1) is 0 Å². The van der Waals surface area contributed by atoms with Crippen LogP contribution in [0.1, 0.15) is 37.4 Å². The summed E-state index contributed by atoms with van der Waals surface area (Å²) in [4.78, 5) is 8.28. The van der Waals surface area contributed by atoms with Gasteiger partial charge in [0, 0.05) is 17.6 Å². The fourth-order valence-corrected chi connectivity index (χ4v) is 2.84. The maximum atomic E-state index is 8.76. The first kappa shape index (κ1) is 11.5. The number of halogens is 1. The zero-order valence-electron chi connectivity index (χ0n) is 9.75. The van der Waals surface area contributed by atoms with E-state index in [9.17, 15) is 0 Å². The van der Waals surface area contributed by atoms with Crippen LogP contribution in [0.4, 0.5) is 0 Å². The van der Waals surface area contributed by atoms with E-state index in [1.807, 2.05) is 6.07 Å². The van der Waals surface area contributed by atoms with E-state index in [0.717, 1.165) is 29.6 Å². The molecule has 0 bridgehead atoms. The van der Waals surface area contributed by atoms with Gasteiger partial charge < -0.3 is 9.77 Å². The van der Waals surface area contributed by atoms with Crippen molar-refractivity contribution in [2.45, 2.75) is 31.7 Å². The van der Waals surface area contributed by atoms with E-state index in [0.29, 0.717) is 6.04 Å². The van der Waals surface area contributed by atoms with Gasteiger partial charge >= 0.3 is 0 Å². The molecule has 94 valence electrons. The molecule has 1 aliphatic rings. The van der Waals surface area contributed by atoms with Crippen molar-refractivity contribution in [2.24, 2.45) is 5.16 Å². The minimum absolute atomic E-state index is 0.243. The second kappa shape index (κ2) is 4.57. The summed E-state index contributed by atoms with van der Waals surface area (Å²) in [6.45, 7) is 0. The van der Waals surface area contributed by atoms with Gasteiger partial charge in [0.2, 0.25) is 5.28 Å². The van der Waals surface area contributed by atoms with Crippen molar-refractivity contribution in [2.75, 3.05) is 0 Å². The van der Waals surface area contributed by atoms with Crippen molar-refractivity contribution < 1.29 is 5.21 Å². The van der Waals surface area contributed by atoms with Crippen LogP contribution in [0.5, 0.6) is 0 Å². The first-order valence-corrected chi connectivity index (χ1v) is 6.38. The van der Waals surface area contributed by atoms with Crippen LogP contribution >= 0.6 is 11.6 Å². The summed E-state index contributed by atoms with van der Waals surface area (Å²) in [7, 11) is 0. The average Bonchev–Trinajstić information content (AvgIpc) is 2.95. The van der Waals surface area contributed by atoms with Crippen LogP contribution in [-0.2, 0) is 0 Å². The van der Waals surface area contributed by atoms with Crippen molar-refractivity contribution in [3.63, 3.8) is 0 Å². The maximum Gasteiger partial charge on any atom is 0.224 e. The van der Waals surface area contributed by atoms with Crippen molar-refractivity contribution in [1.82, 2.24) is 14.5 Å². The topological polar surface area (TPSA) is 63.3 Å². The highest BCUT2D eigenvalue weighted by atomic mass is 35.5. The van der Waals surface area contributed by atoms with Crippen LogP contribution in [0.3, 0.4) is 0 Å². The van der Waals surface area contributed by atoms with E-state index in [1.165, 1.54) is 19.1 Å². The molecule has 0 aromatic carbocycles. The molecule has 2 aromatic heterocycles. The molecule has 0 aliphatic heterocycles. The predicted octanol–water partition coefficient (Wildman–Crippen LogP) is 3.01. The Morgan fingerprint density at radius 3 is 2.94 bits per heavy atom. The average molecular weight is 265 g/mol. The van der Waals surface area contributed by atoms with Crippen molar-refractivity contribution in [3.8, 4) is 0 Å². The molecule has 0 spiro atoms. The van der Waals surface area contributed by atoms with E-state index >= 15 is 0 Å². The summed E-state index contributed by atoms with van der Waals surface area (Å²) in [6, 6.07) is 2.32. The number of aromatic nitrogens is 3. The van der Waals surface area contributed by atoms with Gasteiger partial charge in [0.05, 0.1) is 11.9 Å². The minimum atomic E-state index is 0.243. The highest BCUT2D eigenvalue weighted by Crippen LogP contribution is 2.33. The van der Waals surface area contributed by atoms with E-state index in [2.05, 4.69) is 19.7 Å². The first-order chi connectivity index (χ1) is 8.79. The molecular formula is C12H13ClN4O. The van der Waals surface area contributed by atoms with Crippen LogP contribution in [0.15, 0.2) is 17.4 Å². The summed E-state index contributed by atoms with van der Waals surface area (Å²) >= 11 is 5.87. The zero-order valence-corrected chi connectivity index (χ0v) is 10.5. The normalized spacial score (nSPS) is 17.2. The van der Waals surface area contributed by atoms with Crippen LogP contribution in [0.25, 0.3) is 11.0 Å². The van der Waals surface area contributed by atoms with Gasteiger partial charge in [-0.25, -0.2) is 4.98 Å². The summed E-state index contributed by atoms with van der Waals surface area (Å²) in [5.74, 6) is 0. The monoisotopic (exact) mass is 264 g/mol. The van der Waals surface area contributed by atoms with Gasteiger partial charge in [-0.1, -0.05) is 18.0 Å². The molecule has 1 aliphatic carbocycles. The molecule has 2 aromatic rings. The molecule has 0 atom stereocenters. The molecule has 3 rings (SSSR count). The second-order valence-electron chi connectivity index (χ2n) is 4.54. The maximum absolute atomic E-state index is 8.76. The standard InChI is InChI=1S/C12H13ClN4O/c13-12-14-6-8-5-10(7-15-18)17(11(8)16-12)9-3-1-2-4-9/h5-7,9,18H,1-4H2. The van der Waals surface area contributed by atoms with Gasteiger partial charge in [-0.05, 0) is 30.5 Å². The van der Waals surface area contributed by atoms with Crippen LogP contribution in [0.2, 0.25) is 5.28 Å². The molecule has 6 heteroatoms. The molecular weight excluding hydrogens is 252 g/mol. The smallest absolute Gasteiger partial charge is 0.224 e. The summed E-state index contributed by atoms with van der Waals surface area (Å²) in [6.07, 6.45) is 7.83. The lowest BCUT2D eigenvalue weighted by Gasteiger charge is -2.14. The quantitative estimate of drug-likeness (QED) is 0.392. The molecule has 18 heavy (non-hydrogen) atoms. The zero-order chi connectivity index (χ0) is 12.5. The highest BCUT2D eigenvalue weighted by Gasteiger charge is 2.22. The largest absolute Gasteiger partial charge is 0.411 e. The molecule has 5 nitrogen and oxygen atoms in total. The van der Waals surface area contributed by atoms with Gasteiger partial charge in [-0.2, -0.15) is 4.98 Å². The van der Waals surface area contributed by atoms with Gasteiger partial charge in [0.15, 0.2) is 0 Å². The number of fused-ring (bicyclic) bond motifs is 1. The number of oxime groups is 1. The Morgan fingerprint density at radius 2 is 2.22 bits per heavy atom. The summed E-state index contributed by atoms with van der Waals surface area (Å²) in [5.41, 5.74) is 1.66.